The van der Waals surface area contributed by atoms with Crippen molar-refractivity contribution in [3.05, 3.63) is 65.2 Å². The Kier molecular flexibility index (Phi) is 5.94. The summed E-state index contributed by atoms with van der Waals surface area (Å²) < 4.78 is 0. The zero-order valence-corrected chi connectivity index (χ0v) is 15.4. The molecule has 0 atom stereocenters. The molecule has 2 aromatic carbocycles. The summed E-state index contributed by atoms with van der Waals surface area (Å²) in [5, 5.41) is 6.85. The van der Waals surface area contributed by atoms with Crippen molar-refractivity contribution in [2.24, 2.45) is 5.10 Å². The van der Waals surface area contributed by atoms with Gasteiger partial charge in [0.1, 0.15) is 6.54 Å². The van der Waals surface area contributed by atoms with Gasteiger partial charge in [0.25, 0.3) is 0 Å². The summed E-state index contributed by atoms with van der Waals surface area (Å²) in [4.78, 5) is 2.94. The van der Waals surface area contributed by atoms with E-state index in [1.807, 2.05) is 6.21 Å². The highest BCUT2D eigenvalue weighted by Gasteiger charge is 2.18. The Morgan fingerprint density at radius 3 is 2.33 bits per heavy atom. The number of thioether (sulfide) groups is 1. The van der Waals surface area contributed by atoms with Gasteiger partial charge in [-0.2, -0.15) is 5.10 Å². The topological polar surface area (TPSA) is 20.0 Å². The third kappa shape index (κ3) is 4.86. The second kappa shape index (κ2) is 8.36. The van der Waals surface area contributed by atoms with Gasteiger partial charge in [0, 0.05) is 10.5 Å². The Morgan fingerprint density at radius 1 is 1.04 bits per heavy atom. The molecule has 1 fully saturated rings. The Hall–Kier alpha value is -1.78. The molecule has 2 aromatic rings. The minimum absolute atomic E-state index is 1.03. The van der Waals surface area contributed by atoms with Gasteiger partial charge in [-0.15, -0.1) is 11.8 Å². The van der Waals surface area contributed by atoms with Gasteiger partial charge in [0.15, 0.2) is 0 Å². The fourth-order valence-electron chi connectivity index (χ4n) is 2.94. The van der Waals surface area contributed by atoms with Crippen LogP contribution in [-0.2, 0) is 6.54 Å². The van der Waals surface area contributed by atoms with E-state index in [2.05, 4.69) is 71.8 Å². The van der Waals surface area contributed by atoms with Crippen LogP contribution in [0.5, 0.6) is 0 Å². The lowest BCUT2D eigenvalue weighted by molar-refractivity contribution is -0.918. The van der Waals surface area contributed by atoms with Crippen molar-refractivity contribution >= 4 is 18.0 Å². The molecule has 0 bridgehead atoms. The molecular weight excluding hydrogens is 314 g/mol. The van der Waals surface area contributed by atoms with Crippen molar-refractivity contribution in [1.29, 1.82) is 0 Å². The van der Waals surface area contributed by atoms with E-state index in [-0.39, 0.29) is 0 Å². The Morgan fingerprint density at radius 2 is 1.71 bits per heavy atom. The van der Waals surface area contributed by atoms with Crippen LogP contribution in [0.4, 0.5) is 0 Å². The molecule has 1 N–H and O–H groups in total. The molecule has 0 aliphatic carbocycles. The number of hydrazone groups is 1. The smallest absolute Gasteiger partial charge is 0.103 e. The Balaban J connectivity index is 1.47. The number of hydrogen-bond donors (Lipinski definition) is 1. The van der Waals surface area contributed by atoms with Crippen LogP contribution in [0, 0.1) is 6.92 Å². The predicted molar refractivity (Wildman–Crippen MR) is 103 cm³/mol. The van der Waals surface area contributed by atoms with Crippen LogP contribution < -0.4 is 4.90 Å². The average Bonchev–Trinajstić information content (AvgIpc) is 2.63. The number of benzene rings is 2. The fraction of sp³-hybridized carbons (Fsp3) is 0.350. The van der Waals surface area contributed by atoms with Crippen LogP contribution >= 0.6 is 11.8 Å². The van der Waals surface area contributed by atoms with Crippen LogP contribution in [0.25, 0.3) is 0 Å². The van der Waals surface area contributed by atoms with E-state index in [0.29, 0.717) is 0 Å². The minimum Gasteiger partial charge on any atom is -0.328 e. The molecule has 3 nitrogen and oxygen atoms in total. The molecule has 0 aromatic heterocycles. The molecule has 0 radical (unpaired) electrons. The average molecular weight is 341 g/mol. The van der Waals surface area contributed by atoms with Gasteiger partial charge in [-0.05, 0) is 30.9 Å². The summed E-state index contributed by atoms with van der Waals surface area (Å²) in [6.07, 6.45) is 4.08. The standard InChI is InChI=1S/C20H25N3S/c1-17-3-5-19(6-4-17)16-22-11-13-23(14-12-22)21-15-18-7-9-20(24-2)10-8-18/h3-10,15H,11-14,16H2,1-2H3/p+1/b21-15+. The van der Waals surface area contributed by atoms with Gasteiger partial charge < -0.3 is 4.90 Å². The Labute approximate surface area is 149 Å². The van der Waals surface area contributed by atoms with Crippen LogP contribution in [0.2, 0.25) is 0 Å². The number of piperazine rings is 1. The first-order chi connectivity index (χ1) is 11.7. The van der Waals surface area contributed by atoms with Crippen LogP contribution in [-0.4, -0.2) is 43.7 Å². The van der Waals surface area contributed by atoms with Gasteiger partial charge in [-0.1, -0.05) is 42.0 Å². The lowest BCUT2D eigenvalue weighted by Crippen LogP contribution is -3.13. The van der Waals surface area contributed by atoms with Gasteiger partial charge in [-0.3, -0.25) is 5.01 Å². The monoisotopic (exact) mass is 340 g/mol. The maximum absolute atomic E-state index is 4.65. The maximum Gasteiger partial charge on any atom is 0.103 e. The highest BCUT2D eigenvalue weighted by atomic mass is 32.2. The van der Waals surface area contributed by atoms with Gasteiger partial charge in [0.05, 0.1) is 32.4 Å². The van der Waals surface area contributed by atoms with E-state index in [0.717, 1.165) is 32.7 Å². The highest BCUT2D eigenvalue weighted by molar-refractivity contribution is 7.98. The first-order valence-corrected chi connectivity index (χ1v) is 9.77. The number of nitrogens with zero attached hydrogens (tertiary/aromatic N) is 2. The maximum atomic E-state index is 4.65. The summed E-state index contributed by atoms with van der Waals surface area (Å²) in [7, 11) is 0. The molecule has 1 aliphatic heterocycles. The third-order valence-electron chi connectivity index (χ3n) is 4.51. The SMILES string of the molecule is CSc1ccc(/C=N/N2CC[NH+](Cc3ccc(C)cc3)CC2)cc1. The van der Waals surface area contributed by atoms with Gasteiger partial charge in [-0.25, -0.2) is 0 Å². The van der Waals surface area contributed by atoms with E-state index < -0.39 is 0 Å². The molecule has 1 heterocycles. The molecule has 0 spiro atoms. The quantitative estimate of drug-likeness (QED) is 0.666. The van der Waals surface area contributed by atoms with Gasteiger partial charge in [0.2, 0.25) is 0 Å². The molecule has 4 heteroatoms. The molecule has 1 saturated heterocycles. The number of rotatable bonds is 5. The first-order valence-electron chi connectivity index (χ1n) is 8.55. The molecular formula is C20H26N3S+. The summed E-state index contributed by atoms with van der Waals surface area (Å²) >= 11 is 1.77. The highest BCUT2D eigenvalue weighted by Crippen LogP contribution is 2.14. The van der Waals surface area contributed by atoms with Crippen LogP contribution in [0.15, 0.2) is 58.5 Å². The van der Waals surface area contributed by atoms with E-state index >= 15 is 0 Å². The minimum atomic E-state index is 1.03. The Bertz CT molecular complexity index is 656. The molecule has 0 amide bonds. The van der Waals surface area contributed by atoms with Crippen molar-refractivity contribution in [3.8, 4) is 0 Å². The number of nitrogens with one attached hydrogen (secondary N) is 1. The molecule has 126 valence electrons. The number of hydrogen-bond acceptors (Lipinski definition) is 3. The van der Waals surface area contributed by atoms with Crippen molar-refractivity contribution in [2.75, 3.05) is 32.4 Å². The number of aryl methyl sites for hydroxylation is 1. The van der Waals surface area contributed by atoms with Gasteiger partial charge >= 0.3 is 0 Å². The molecule has 3 rings (SSSR count). The first kappa shape index (κ1) is 17.1. The molecule has 24 heavy (non-hydrogen) atoms. The lowest BCUT2D eigenvalue weighted by Gasteiger charge is -2.30. The largest absolute Gasteiger partial charge is 0.328 e. The van der Waals surface area contributed by atoms with Crippen molar-refractivity contribution in [2.45, 2.75) is 18.4 Å². The lowest BCUT2D eigenvalue weighted by atomic mass is 10.1. The predicted octanol–water partition coefficient (Wildman–Crippen LogP) is 2.45. The van der Waals surface area contributed by atoms with Crippen molar-refractivity contribution in [3.63, 3.8) is 0 Å². The normalized spacial score (nSPS) is 16.0. The van der Waals surface area contributed by atoms with Crippen LogP contribution in [0.1, 0.15) is 16.7 Å². The summed E-state index contributed by atoms with van der Waals surface area (Å²) in [6.45, 7) is 7.62. The second-order valence-electron chi connectivity index (χ2n) is 6.38. The molecule has 0 unspecified atom stereocenters. The number of quaternary nitrogens is 1. The summed E-state index contributed by atoms with van der Waals surface area (Å²) in [6, 6.07) is 17.5. The third-order valence-corrected chi connectivity index (χ3v) is 5.25. The fourth-order valence-corrected chi connectivity index (χ4v) is 3.34. The van der Waals surface area contributed by atoms with E-state index in [1.165, 1.54) is 21.6 Å². The summed E-state index contributed by atoms with van der Waals surface area (Å²) in [5.74, 6) is 0. The van der Waals surface area contributed by atoms with E-state index in [9.17, 15) is 0 Å². The molecule has 1 aliphatic rings. The van der Waals surface area contributed by atoms with E-state index in [4.69, 9.17) is 0 Å². The van der Waals surface area contributed by atoms with Crippen molar-refractivity contribution < 1.29 is 4.90 Å². The second-order valence-corrected chi connectivity index (χ2v) is 7.26. The zero-order valence-electron chi connectivity index (χ0n) is 14.5. The summed E-state index contributed by atoms with van der Waals surface area (Å²) in [5.41, 5.74) is 3.93. The molecule has 0 saturated carbocycles. The zero-order chi connectivity index (χ0) is 16.8. The van der Waals surface area contributed by atoms with E-state index in [1.54, 1.807) is 16.7 Å². The van der Waals surface area contributed by atoms with Crippen molar-refractivity contribution in [1.82, 2.24) is 5.01 Å². The van der Waals surface area contributed by atoms with Crippen LogP contribution in [0.3, 0.4) is 0 Å².